The lowest BCUT2D eigenvalue weighted by Gasteiger charge is -2.31. The van der Waals surface area contributed by atoms with Gasteiger partial charge in [-0.1, -0.05) is 13.0 Å². The van der Waals surface area contributed by atoms with Crippen molar-refractivity contribution in [2.45, 2.75) is 31.2 Å². The molecule has 2 aliphatic rings. The number of fused-ring (bicyclic) bond motifs is 4. The predicted octanol–water partition coefficient (Wildman–Crippen LogP) is 1.91. The summed E-state index contributed by atoms with van der Waals surface area (Å²) in [4.78, 5) is 2.46. The summed E-state index contributed by atoms with van der Waals surface area (Å²) in [5.74, 6) is 0.406. The van der Waals surface area contributed by atoms with Crippen LogP contribution >= 0.6 is 0 Å². The first-order valence-electron chi connectivity index (χ1n) is 5.61. The zero-order valence-corrected chi connectivity index (χ0v) is 9.33. The molecule has 80 valence electrons. The van der Waals surface area contributed by atoms with E-state index in [9.17, 15) is 5.11 Å². The van der Waals surface area contributed by atoms with Crippen LogP contribution in [0.25, 0.3) is 0 Å². The summed E-state index contributed by atoms with van der Waals surface area (Å²) in [6.07, 6.45) is 2.38. The minimum absolute atomic E-state index is 0.256. The molecule has 2 unspecified atom stereocenters. The van der Waals surface area contributed by atoms with Gasteiger partial charge in [-0.15, -0.1) is 0 Å². The third-order valence-corrected chi connectivity index (χ3v) is 4.11. The molecule has 1 fully saturated rings. The van der Waals surface area contributed by atoms with E-state index in [0.717, 1.165) is 13.0 Å². The molecule has 1 saturated heterocycles. The summed E-state index contributed by atoms with van der Waals surface area (Å²) < 4.78 is 0. The number of likely N-dealkylation sites (N-methyl/N-ethyl adjacent to an activating group) is 1. The standard InChI is InChI=1S/C13H17NO/c1-13-7-10(14(2)8-13)5-9-3-4-11(15)6-12(9)13/h3-4,6,10,15H,5,7-8H2,1-2H3. The molecule has 15 heavy (non-hydrogen) atoms. The number of rotatable bonds is 0. The van der Waals surface area contributed by atoms with Crippen molar-refractivity contribution in [1.82, 2.24) is 4.90 Å². The SMILES string of the molecule is CN1CC2(C)CC1Cc1ccc(O)cc12. The van der Waals surface area contributed by atoms with E-state index in [1.807, 2.05) is 12.1 Å². The molecule has 2 nitrogen and oxygen atoms in total. The van der Waals surface area contributed by atoms with Gasteiger partial charge in [-0.2, -0.15) is 0 Å². The van der Waals surface area contributed by atoms with E-state index >= 15 is 0 Å². The summed E-state index contributed by atoms with van der Waals surface area (Å²) in [7, 11) is 2.21. The van der Waals surface area contributed by atoms with E-state index < -0.39 is 0 Å². The van der Waals surface area contributed by atoms with Crippen molar-refractivity contribution in [2.24, 2.45) is 0 Å². The smallest absolute Gasteiger partial charge is 0.115 e. The fraction of sp³-hybridized carbons (Fsp3) is 0.538. The topological polar surface area (TPSA) is 23.5 Å². The summed E-state index contributed by atoms with van der Waals surface area (Å²) in [5, 5.41) is 9.58. The highest BCUT2D eigenvalue weighted by Crippen LogP contribution is 2.45. The zero-order chi connectivity index (χ0) is 10.6. The molecule has 1 aliphatic carbocycles. The molecule has 1 aromatic rings. The second-order valence-electron chi connectivity index (χ2n) is 5.38. The van der Waals surface area contributed by atoms with E-state index in [1.54, 1.807) is 0 Å². The molecule has 0 aromatic heterocycles. The Balaban J connectivity index is 2.16. The summed E-state index contributed by atoms with van der Waals surface area (Å²) in [5.41, 5.74) is 3.05. The molecule has 3 rings (SSSR count). The van der Waals surface area contributed by atoms with Gasteiger partial charge in [0.15, 0.2) is 0 Å². The summed E-state index contributed by atoms with van der Waals surface area (Å²) in [6.45, 7) is 3.44. The lowest BCUT2D eigenvalue weighted by atomic mass is 9.73. The van der Waals surface area contributed by atoms with Crippen LogP contribution in [0.1, 0.15) is 24.5 Å². The maximum absolute atomic E-state index is 9.58. The molecule has 0 amide bonds. The Kier molecular flexibility index (Phi) is 1.70. The first kappa shape index (κ1) is 9.22. The Morgan fingerprint density at radius 3 is 3.07 bits per heavy atom. The third-order valence-electron chi connectivity index (χ3n) is 4.11. The first-order chi connectivity index (χ1) is 7.08. The highest BCUT2D eigenvalue weighted by Gasteiger charge is 2.44. The van der Waals surface area contributed by atoms with E-state index in [4.69, 9.17) is 0 Å². The fourth-order valence-corrected chi connectivity index (χ4v) is 3.40. The molecule has 1 heterocycles. The number of phenolic OH excluding ortho intramolecular Hbond substituents is 1. The van der Waals surface area contributed by atoms with Gasteiger partial charge < -0.3 is 10.0 Å². The third kappa shape index (κ3) is 1.21. The van der Waals surface area contributed by atoms with Crippen LogP contribution in [0.4, 0.5) is 0 Å². The molecular formula is C13H17NO. The molecular weight excluding hydrogens is 186 g/mol. The van der Waals surface area contributed by atoms with Gasteiger partial charge in [-0.25, -0.2) is 0 Å². The second-order valence-corrected chi connectivity index (χ2v) is 5.38. The lowest BCUT2D eigenvalue weighted by molar-refractivity contribution is 0.309. The van der Waals surface area contributed by atoms with Crippen molar-refractivity contribution in [2.75, 3.05) is 13.6 Å². The van der Waals surface area contributed by atoms with Gasteiger partial charge in [0.2, 0.25) is 0 Å². The molecule has 2 heteroatoms. The maximum atomic E-state index is 9.58. The lowest BCUT2D eigenvalue weighted by Crippen LogP contribution is -2.28. The highest BCUT2D eigenvalue weighted by atomic mass is 16.3. The molecule has 1 N–H and O–H groups in total. The Labute approximate surface area is 90.5 Å². The number of likely N-dealkylation sites (tertiary alicyclic amines) is 1. The number of phenols is 1. The van der Waals surface area contributed by atoms with Crippen LogP contribution < -0.4 is 0 Å². The van der Waals surface area contributed by atoms with Gasteiger partial charge in [-0.3, -0.25) is 0 Å². The quantitative estimate of drug-likeness (QED) is 0.696. The van der Waals surface area contributed by atoms with E-state index in [-0.39, 0.29) is 5.41 Å². The van der Waals surface area contributed by atoms with Crippen LogP contribution in [-0.4, -0.2) is 29.6 Å². The van der Waals surface area contributed by atoms with Gasteiger partial charge >= 0.3 is 0 Å². The van der Waals surface area contributed by atoms with Crippen molar-refractivity contribution in [3.8, 4) is 5.75 Å². The molecule has 0 radical (unpaired) electrons. The zero-order valence-electron chi connectivity index (χ0n) is 9.33. The van der Waals surface area contributed by atoms with Gasteiger partial charge in [0, 0.05) is 18.0 Å². The first-order valence-corrected chi connectivity index (χ1v) is 5.61. The molecule has 2 bridgehead atoms. The average molecular weight is 203 g/mol. The van der Waals surface area contributed by atoms with Gasteiger partial charge in [0.05, 0.1) is 0 Å². The van der Waals surface area contributed by atoms with Crippen molar-refractivity contribution in [3.05, 3.63) is 29.3 Å². The largest absolute Gasteiger partial charge is 0.508 e. The second kappa shape index (κ2) is 2.76. The van der Waals surface area contributed by atoms with Crippen molar-refractivity contribution in [3.63, 3.8) is 0 Å². The Hall–Kier alpha value is -1.02. The number of hydrogen-bond donors (Lipinski definition) is 1. The molecule has 1 aliphatic heterocycles. The van der Waals surface area contributed by atoms with Crippen LogP contribution in [0.15, 0.2) is 18.2 Å². The van der Waals surface area contributed by atoms with Crippen LogP contribution in [0.2, 0.25) is 0 Å². The molecule has 0 spiro atoms. The molecule has 2 atom stereocenters. The molecule has 0 saturated carbocycles. The number of benzene rings is 1. The van der Waals surface area contributed by atoms with Crippen molar-refractivity contribution < 1.29 is 5.11 Å². The average Bonchev–Trinajstić information content (AvgIpc) is 2.41. The number of aromatic hydroxyl groups is 1. The monoisotopic (exact) mass is 203 g/mol. The highest BCUT2D eigenvalue weighted by molar-refractivity contribution is 5.44. The number of nitrogens with zero attached hydrogens (tertiary/aromatic N) is 1. The van der Waals surface area contributed by atoms with Crippen molar-refractivity contribution >= 4 is 0 Å². The fourth-order valence-electron chi connectivity index (χ4n) is 3.40. The van der Waals surface area contributed by atoms with Crippen molar-refractivity contribution in [1.29, 1.82) is 0 Å². The van der Waals surface area contributed by atoms with Gasteiger partial charge in [-0.05, 0) is 43.1 Å². The van der Waals surface area contributed by atoms with Crippen LogP contribution in [0.3, 0.4) is 0 Å². The van der Waals surface area contributed by atoms with E-state index in [0.29, 0.717) is 11.8 Å². The van der Waals surface area contributed by atoms with E-state index in [2.05, 4.69) is 24.9 Å². The minimum Gasteiger partial charge on any atom is -0.508 e. The predicted molar refractivity (Wildman–Crippen MR) is 60.2 cm³/mol. The Morgan fingerprint density at radius 2 is 2.27 bits per heavy atom. The van der Waals surface area contributed by atoms with Gasteiger partial charge in [0.1, 0.15) is 5.75 Å². The normalized spacial score (nSPS) is 34.1. The van der Waals surface area contributed by atoms with Crippen LogP contribution in [0.5, 0.6) is 5.75 Å². The van der Waals surface area contributed by atoms with Crippen LogP contribution in [0, 0.1) is 0 Å². The van der Waals surface area contributed by atoms with E-state index in [1.165, 1.54) is 17.5 Å². The summed E-state index contributed by atoms with van der Waals surface area (Å²) >= 11 is 0. The molecule has 1 aromatic carbocycles. The Morgan fingerprint density at radius 1 is 1.47 bits per heavy atom. The Bertz CT molecular complexity index is 411. The minimum atomic E-state index is 0.256. The maximum Gasteiger partial charge on any atom is 0.115 e. The number of hydrogen-bond acceptors (Lipinski definition) is 2. The summed E-state index contributed by atoms with van der Waals surface area (Å²) in [6, 6.07) is 6.57. The van der Waals surface area contributed by atoms with Crippen LogP contribution in [-0.2, 0) is 11.8 Å². The van der Waals surface area contributed by atoms with Gasteiger partial charge in [0.25, 0.3) is 0 Å².